The second-order valence-electron chi connectivity index (χ2n) is 7.41. The zero-order valence-electron chi connectivity index (χ0n) is 16.3. The van der Waals surface area contributed by atoms with Crippen molar-refractivity contribution in [2.45, 2.75) is 65.2 Å². The van der Waals surface area contributed by atoms with Crippen LogP contribution in [0.3, 0.4) is 0 Å². The summed E-state index contributed by atoms with van der Waals surface area (Å²) < 4.78 is 0. The van der Waals surface area contributed by atoms with Crippen molar-refractivity contribution in [1.29, 1.82) is 0 Å². The summed E-state index contributed by atoms with van der Waals surface area (Å²) in [6, 6.07) is 0. The van der Waals surface area contributed by atoms with E-state index in [2.05, 4.69) is 22.5 Å². The van der Waals surface area contributed by atoms with Gasteiger partial charge in [-0.25, -0.2) is 0 Å². The number of aliphatic imine (C=N–C) groups is 1. The summed E-state index contributed by atoms with van der Waals surface area (Å²) in [4.78, 5) is 29.7. The molecule has 2 atom stereocenters. The van der Waals surface area contributed by atoms with Gasteiger partial charge in [0.05, 0.1) is 0 Å². The Morgan fingerprint density at radius 1 is 1.15 bits per heavy atom. The molecule has 0 radical (unpaired) electrons. The summed E-state index contributed by atoms with van der Waals surface area (Å²) in [6.45, 7) is 6.98. The number of hydrogen-bond acceptors (Lipinski definition) is 3. The van der Waals surface area contributed by atoms with Crippen molar-refractivity contribution in [2.24, 2.45) is 16.8 Å². The van der Waals surface area contributed by atoms with Crippen LogP contribution < -0.4 is 10.6 Å². The minimum Gasteiger partial charge on any atom is -0.357 e. The van der Waals surface area contributed by atoms with E-state index < -0.39 is 0 Å². The highest BCUT2D eigenvalue weighted by Gasteiger charge is 2.25. The average Bonchev–Trinajstić information content (AvgIpc) is 2.57. The highest BCUT2D eigenvalue weighted by Crippen LogP contribution is 2.30. The Labute approximate surface area is 175 Å². The zero-order chi connectivity index (χ0) is 18.1. The van der Waals surface area contributed by atoms with Crippen molar-refractivity contribution in [3.05, 3.63) is 0 Å². The number of nitrogens with one attached hydrogen (secondary N) is 2. The molecule has 150 valence electrons. The number of nitrogens with zero attached hydrogens (tertiary/aromatic N) is 2. The molecule has 1 saturated carbocycles. The predicted octanol–water partition coefficient (Wildman–Crippen LogP) is 2.92. The van der Waals surface area contributed by atoms with Gasteiger partial charge in [-0.05, 0) is 38.0 Å². The molecule has 7 heteroatoms. The van der Waals surface area contributed by atoms with E-state index in [-0.39, 0.29) is 35.8 Å². The van der Waals surface area contributed by atoms with Crippen molar-refractivity contribution in [1.82, 2.24) is 15.5 Å². The Morgan fingerprint density at radius 2 is 1.88 bits per heavy atom. The molecule has 2 fully saturated rings. The van der Waals surface area contributed by atoms with Crippen LogP contribution in [0.4, 0.5) is 0 Å². The maximum atomic E-state index is 11.8. The van der Waals surface area contributed by atoms with Gasteiger partial charge in [-0.1, -0.05) is 26.2 Å². The van der Waals surface area contributed by atoms with Crippen LogP contribution in [0, 0.1) is 11.8 Å². The molecular weight excluding hydrogens is 443 g/mol. The largest absolute Gasteiger partial charge is 0.357 e. The van der Waals surface area contributed by atoms with Gasteiger partial charge < -0.3 is 10.6 Å². The highest BCUT2D eigenvalue weighted by molar-refractivity contribution is 14.0. The van der Waals surface area contributed by atoms with E-state index in [0.29, 0.717) is 32.4 Å². The van der Waals surface area contributed by atoms with Crippen LogP contribution in [-0.4, -0.2) is 48.9 Å². The fourth-order valence-corrected chi connectivity index (χ4v) is 3.86. The van der Waals surface area contributed by atoms with Gasteiger partial charge in [-0.15, -0.1) is 24.0 Å². The van der Waals surface area contributed by atoms with Crippen LogP contribution >= 0.6 is 24.0 Å². The third-order valence-corrected chi connectivity index (χ3v) is 5.21. The molecule has 0 aromatic rings. The number of halogens is 1. The minimum atomic E-state index is -0.0496. The Kier molecular flexibility index (Phi) is 11.2. The van der Waals surface area contributed by atoms with Crippen molar-refractivity contribution in [3.63, 3.8) is 0 Å². The van der Waals surface area contributed by atoms with E-state index in [0.717, 1.165) is 37.3 Å². The monoisotopic (exact) mass is 478 g/mol. The minimum absolute atomic E-state index is 0. The summed E-state index contributed by atoms with van der Waals surface area (Å²) in [5, 5.41) is 6.49. The predicted molar refractivity (Wildman–Crippen MR) is 116 cm³/mol. The maximum Gasteiger partial charge on any atom is 0.229 e. The summed E-state index contributed by atoms with van der Waals surface area (Å²) >= 11 is 0. The van der Waals surface area contributed by atoms with E-state index in [4.69, 9.17) is 0 Å². The van der Waals surface area contributed by atoms with E-state index >= 15 is 0 Å². The number of guanidine groups is 1. The number of amides is 2. The van der Waals surface area contributed by atoms with Crippen LogP contribution in [0.2, 0.25) is 0 Å². The number of carbonyl (C=O) groups excluding carboxylic acids is 2. The Balaban J connectivity index is 0.00000338. The molecule has 6 nitrogen and oxygen atoms in total. The zero-order valence-corrected chi connectivity index (χ0v) is 18.6. The lowest BCUT2D eigenvalue weighted by atomic mass is 9.81. The van der Waals surface area contributed by atoms with Crippen LogP contribution in [0.25, 0.3) is 0 Å². The van der Waals surface area contributed by atoms with Crippen molar-refractivity contribution < 1.29 is 9.59 Å². The van der Waals surface area contributed by atoms with Gasteiger partial charge in [0, 0.05) is 39.0 Å². The SMILES string of the molecule is CCNC(=NCCC1CCCC(C)C1)NCCN1C(=O)CCCC1=O.I. The van der Waals surface area contributed by atoms with Crippen LogP contribution in [0.15, 0.2) is 4.99 Å². The van der Waals surface area contributed by atoms with Gasteiger partial charge in [0.25, 0.3) is 0 Å². The van der Waals surface area contributed by atoms with E-state index in [1.807, 2.05) is 6.92 Å². The molecule has 2 rings (SSSR count). The fourth-order valence-electron chi connectivity index (χ4n) is 3.86. The van der Waals surface area contributed by atoms with Crippen LogP contribution in [-0.2, 0) is 9.59 Å². The quantitative estimate of drug-likeness (QED) is 0.256. The Morgan fingerprint density at radius 3 is 2.54 bits per heavy atom. The standard InChI is InChI=1S/C19H34N4O2.HI/c1-3-20-19(21-11-10-16-7-4-6-15(2)14-16)22-12-13-23-17(24)8-5-9-18(23)25;/h15-16H,3-14H2,1-2H3,(H2,20,21,22);1H. The Hall–Kier alpha value is -0.860. The molecule has 1 aliphatic heterocycles. The first-order valence-corrected chi connectivity index (χ1v) is 9.95. The summed E-state index contributed by atoms with van der Waals surface area (Å²) in [5.74, 6) is 2.34. The van der Waals surface area contributed by atoms with Crippen LogP contribution in [0.5, 0.6) is 0 Å². The van der Waals surface area contributed by atoms with Gasteiger partial charge in [0.1, 0.15) is 0 Å². The number of piperidine rings is 1. The molecule has 0 bridgehead atoms. The van der Waals surface area contributed by atoms with E-state index in [9.17, 15) is 9.59 Å². The number of hydrogen-bond donors (Lipinski definition) is 2. The third-order valence-electron chi connectivity index (χ3n) is 5.21. The molecule has 0 spiro atoms. The van der Waals surface area contributed by atoms with Crippen molar-refractivity contribution in [3.8, 4) is 0 Å². The Bertz CT molecular complexity index is 468. The van der Waals surface area contributed by atoms with Crippen molar-refractivity contribution >= 4 is 41.8 Å². The van der Waals surface area contributed by atoms with E-state index in [1.165, 1.54) is 30.6 Å². The number of carbonyl (C=O) groups is 2. The lowest BCUT2D eigenvalue weighted by Gasteiger charge is -2.26. The van der Waals surface area contributed by atoms with E-state index in [1.54, 1.807) is 0 Å². The first kappa shape index (κ1) is 23.2. The topological polar surface area (TPSA) is 73.8 Å². The molecule has 0 aromatic heterocycles. The molecule has 26 heavy (non-hydrogen) atoms. The second kappa shape index (κ2) is 12.5. The smallest absolute Gasteiger partial charge is 0.229 e. The first-order valence-electron chi connectivity index (χ1n) is 9.95. The van der Waals surface area contributed by atoms with Gasteiger partial charge in [0.2, 0.25) is 11.8 Å². The fraction of sp³-hybridized carbons (Fsp3) is 0.842. The van der Waals surface area contributed by atoms with Gasteiger partial charge in [0.15, 0.2) is 5.96 Å². The molecule has 2 N–H and O–H groups in total. The lowest BCUT2D eigenvalue weighted by molar-refractivity contribution is -0.147. The summed E-state index contributed by atoms with van der Waals surface area (Å²) in [6.07, 6.45) is 8.19. The van der Waals surface area contributed by atoms with Gasteiger partial charge >= 0.3 is 0 Å². The molecule has 1 aliphatic carbocycles. The summed E-state index contributed by atoms with van der Waals surface area (Å²) in [7, 11) is 0. The number of likely N-dealkylation sites (tertiary alicyclic amines) is 1. The molecule has 2 aliphatic rings. The van der Waals surface area contributed by atoms with Crippen molar-refractivity contribution in [2.75, 3.05) is 26.2 Å². The molecule has 1 heterocycles. The van der Waals surface area contributed by atoms with Gasteiger partial charge in [-0.2, -0.15) is 0 Å². The summed E-state index contributed by atoms with van der Waals surface area (Å²) in [5.41, 5.74) is 0. The second-order valence-corrected chi connectivity index (χ2v) is 7.41. The molecule has 0 aromatic carbocycles. The molecule has 2 unspecified atom stereocenters. The molecule has 1 saturated heterocycles. The highest BCUT2D eigenvalue weighted by atomic mass is 127. The third kappa shape index (κ3) is 7.80. The normalized spacial score (nSPS) is 24.2. The lowest BCUT2D eigenvalue weighted by Crippen LogP contribution is -2.46. The number of imide groups is 1. The average molecular weight is 478 g/mol. The molecular formula is C19H35IN4O2. The van der Waals surface area contributed by atoms with Gasteiger partial charge in [-0.3, -0.25) is 19.5 Å². The van der Waals surface area contributed by atoms with Crippen LogP contribution in [0.1, 0.15) is 65.2 Å². The maximum absolute atomic E-state index is 11.8. The first-order chi connectivity index (χ1) is 12.1. The molecule has 2 amide bonds. The number of rotatable bonds is 7.